The molecule has 2 aromatic carbocycles. The summed E-state index contributed by atoms with van der Waals surface area (Å²) >= 11 is 1.58. The first kappa shape index (κ1) is 24.7. The lowest BCUT2D eigenvalue weighted by atomic mass is 10.1. The monoisotopic (exact) mass is 485 g/mol. The molecule has 1 aliphatic rings. The van der Waals surface area contributed by atoms with E-state index in [1.165, 1.54) is 0 Å². The summed E-state index contributed by atoms with van der Waals surface area (Å²) < 4.78 is 0. The number of carbonyl (C=O) groups is 2. The zero-order chi connectivity index (χ0) is 22.5. The predicted molar refractivity (Wildman–Crippen MR) is 136 cm³/mol. The Kier molecular flexibility index (Phi) is 8.43. The van der Waals surface area contributed by atoms with Gasteiger partial charge in [-0.2, -0.15) is 0 Å². The lowest BCUT2D eigenvalue weighted by Gasteiger charge is -2.19. The fourth-order valence-electron chi connectivity index (χ4n) is 3.77. The average molecular weight is 486 g/mol. The summed E-state index contributed by atoms with van der Waals surface area (Å²) in [4.78, 5) is 31.8. The minimum Gasteiger partial charge on any atom is -0.377 e. The number of hydrogen-bond donors (Lipinski definition) is 3. The summed E-state index contributed by atoms with van der Waals surface area (Å²) in [6.45, 7) is 1.94. The van der Waals surface area contributed by atoms with Crippen LogP contribution in [0.5, 0.6) is 0 Å². The van der Waals surface area contributed by atoms with Crippen LogP contribution in [-0.4, -0.2) is 44.0 Å². The molecule has 1 aliphatic heterocycles. The highest BCUT2D eigenvalue weighted by Crippen LogP contribution is 2.25. The summed E-state index contributed by atoms with van der Waals surface area (Å²) in [6, 6.07) is 13.5. The molecule has 1 aromatic heterocycles. The van der Waals surface area contributed by atoms with Crippen LogP contribution >= 0.6 is 23.7 Å². The van der Waals surface area contributed by atoms with Gasteiger partial charge in [-0.05, 0) is 42.8 Å². The van der Waals surface area contributed by atoms with Crippen molar-refractivity contribution in [3.63, 3.8) is 0 Å². The smallest absolute Gasteiger partial charge is 0.253 e. The highest BCUT2D eigenvalue weighted by molar-refractivity contribution is 7.13. The summed E-state index contributed by atoms with van der Waals surface area (Å²) in [5.74, 6) is -0.240. The van der Waals surface area contributed by atoms with Crippen LogP contribution in [0, 0.1) is 5.92 Å². The van der Waals surface area contributed by atoms with Gasteiger partial charge in [0.2, 0.25) is 5.91 Å². The number of rotatable bonds is 7. The molecule has 0 bridgehead atoms. The van der Waals surface area contributed by atoms with Crippen LogP contribution in [0.3, 0.4) is 0 Å². The Morgan fingerprint density at radius 2 is 2.06 bits per heavy atom. The Bertz CT molecular complexity index is 1100. The maximum Gasteiger partial charge on any atom is 0.253 e. The van der Waals surface area contributed by atoms with Gasteiger partial charge in [-0.25, -0.2) is 4.98 Å². The molecule has 0 aliphatic carbocycles. The molecule has 1 atom stereocenters. The van der Waals surface area contributed by atoms with Crippen LogP contribution in [0.2, 0.25) is 0 Å². The quantitative estimate of drug-likeness (QED) is 0.474. The molecule has 1 saturated heterocycles. The SMILES string of the molecule is CN(C)c1ccc(NC(=O)C2CCNC2)cc1C(=O)NCc1cccc(-c2nccs2)c1.Cl. The Hall–Kier alpha value is -2.94. The highest BCUT2D eigenvalue weighted by atomic mass is 35.5. The number of benzene rings is 2. The first-order valence-electron chi connectivity index (χ1n) is 10.6. The molecule has 174 valence electrons. The number of amides is 2. The van der Waals surface area contributed by atoms with Gasteiger partial charge in [0, 0.05) is 55.7 Å². The van der Waals surface area contributed by atoms with Crippen molar-refractivity contribution in [1.82, 2.24) is 15.6 Å². The normalized spacial score (nSPS) is 14.9. The van der Waals surface area contributed by atoms with E-state index in [9.17, 15) is 9.59 Å². The molecule has 0 saturated carbocycles. The molecule has 7 nitrogen and oxygen atoms in total. The first-order chi connectivity index (χ1) is 15.5. The number of hydrogen-bond acceptors (Lipinski definition) is 6. The molecule has 3 aromatic rings. The molecule has 0 spiro atoms. The van der Waals surface area contributed by atoms with E-state index < -0.39 is 0 Å². The van der Waals surface area contributed by atoms with Gasteiger partial charge in [0.15, 0.2) is 0 Å². The predicted octanol–water partition coefficient (Wildman–Crippen LogP) is 3.78. The maximum atomic E-state index is 13.1. The van der Waals surface area contributed by atoms with Crippen LogP contribution < -0.4 is 20.9 Å². The van der Waals surface area contributed by atoms with Gasteiger partial charge in [0.25, 0.3) is 5.91 Å². The summed E-state index contributed by atoms with van der Waals surface area (Å²) in [6.07, 6.45) is 2.61. The van der Waals surface area contributed by atoms with E-state index in [2.05, 4.69) is 20.9 Å². The molecule has 2 amide bonds. The Morgan fingerprint density at radius 3 is 2.76 bits per heavy atom. The summed E-state index contributed by atoms with van der Waals surface area (Å²) in [7, 11) is 3.79. The lowest BCUT2D eigenvalue weighted by Crippen LogP contribution is -2.27. The fraction of sp³-hybridized carbons (Fsp3) is 0.292. The third-order valence-corrected chi connectivity index (χ3v) is 6.30. The molecule has 2 heterocycles. The van der Waals surface area contributed by atoms with Gasteiger partial charge in [-0.3, -0.25) is 9.59 Å². The van der Waals surface area contributed by atoms with E-state index in [0.29, 0.717) is 24.3 Å². The number of nitrogens with one attached hydrogen (secondary N) is 3. The number of nitrogens with zero attached hydrogens (tertiary/aromatic N) is 2. The third kappa shape index (κ3) is 6.10. The van der Waals surface area contributed by atoms with Gasteiger partial charge < -0.3 is 20.9 Å². The summed E-state index contributed by atoms with van der Waals surface area (Å²) in [5, 5.41) is 12.1. The molecule has 9 heteroatoms. The van der Waals surface area contributed by atoms with Crippen molar-refractivity contribution in [3.05, 3.63) is 65.2 Å². The van der Waals surface area contributed by atoms with E-state index >= 15 is 0 Å². The Morgan fingerprint density at radius 1 is 1.21 bits per heavy atom. The Labute approximate surface area is 204 Å². The molecule has 33 heavy (non-hydrogen) atoms. The van der Waals surface area contributed by atoms with Crippen LogP contribution in [0.15, 0.2) is 54.0 Å². The standard InChI is InChI=1S/C24H27N5O2S.ClH/c1-29(2)21-7-6-19(28-22(30)18-8-9-25-15-18)13-20(21)23(31)27-14-16-4-3-5-17(12-16)24-26-10-11-32-24;/h3-7,10-13,18,25H,8-9,14-15H2,1-2H3,(H,27,31)(H,28,30);1H. The zero-order valence-corrected chi connectivity index (χ0v) is 20.3. The molecule has 1 unspecified atom stereocenters. The van der Waals surface area contributed by atoms with Crippen LogP contribution in [0.25, 0.3) is 10.6 Å². The number of anilines is 2. The van der Waals surface area contributed by atoms with Gasteiger partial charge in [0.05, 0.1) is 11.5 Å². The third-order valence-electron chi connectivity index (χ3n) is 5.48. The topological polar surface area (TPSA) is 86.4 Å². The summed E-state index contributed by atoms with van der Waals surface area (Å²) in [5.41, 5.74) is 3.97. The first-order valence-corrected chi connectivity index (χ1v) is 11.5. The number of thiazole rings is 1. The van der Waals surface area contributed by atoms with Crippen molar-refractivity contribution < 1.29 is 9.59 Å². The van der Waals surface area contributed by atoms with Crippen molar-refractivity contribution in [2.75, 3.05) is 37.4 Å². The molecular formula is C24H28ClN5O2S. The van der Waals surface area contributed by atoms with E-state index in [1.807, 2.05) is 60.8 Å². The van der Waals surface area contributed by atoms with E-state index in [4.69, 9.17) is 0 Å². The van der Waals surface area contributed by atoms with Gasteiger partial charge in [0.1, 0.15) is 5.01 Å². The molecular weight excluding hydrogens is 458 g/mol. The van der Waals surface area contributed by atoms with Crippen molar-refractivity contribution in [2.24, 2.45) is 5.92 Å². The fourth-order valence-corrected chi connectivity index (χ4v) is 4.40. The second-order valence-electron chi connectivity index (χ2n) is 8.03. The van der Waals surface area contributed by atoms with Crippen molar-refractivity contribution >= 4 is 46.9 Å². The Balaban J connectivity index is 0.00000306. The van der Waals surface area contributed by atoms with E-state index in [-0.39, 0.29) is 30.1 Å². The molecule has 3 N–H and O–H groups in total. The number of halogens is 1. The molecule has 0 radical (unpaired) electrons. The number of aromatic nitrogens is 1. The number of carbonyl (C=O) groups excluding carboxylic acids is 2. The van der Waals surface area contributed by atoms with Crippen LogP contribution in [0.1, 0.15) is 22.3 Å². The van der Waals surface area contributed by atoms with E-state index in [1.54, 1.807) is 23.6 Å². The second-order valence-corrected chi connectivity index (χ2v) is 8.92. The molecule has 4 rings (SSSR count). The van der Waals surface area contributed by atoms with Crippen molar-refractivity contribution in [3.8, 4) is 10.6 Å². The van der Waals surface area contributed by atoms with Crippen molar-refractivity contribution in [2.45, 2.75) is 13.0 Å². The maximum absolute atomic E-state index is 13.1. The highest BCUT2D eigenvalue weighted by Gasteiger charge is 2.23. The lowest BCUT2D eigenvalue weighted by molar-refractivity contribution is -0.119. The molecule has 1 fully saturated rings. The van der Waals surface area contributed by atoms with Gasteiger partial charge in [-0.15, -0.1) is 23.7 Å². The van der Waals surface area contributed by atoms with Crippen LogP contribution in [-0.2, 0) is 11.3 Å². The zero-order valence-electron chi connectivity index (χ0n) is 18.6. The van der Waals surface area contributed by atoms with Gasteiger partial charge >= 0.3 is 0 Å². The minimum atomic E-state index is -0.188. The van der Waals surface area contributed by atoms with Crippen molar-refractivity contribution in [1.29, 1.82) is 0 Å². The van der Waals surface area contributed by atoms with Gasteiger partial charge in [-0.1, -0.05) is 18.2 Å². The van der Waals surface area contributed by atoms with Crippen LogP contribution in [0.4, 0.5) is 11.4 Å². The van der Waals surface area contributed by atoms with E-state index in [0.717, 1.165) is 34.8 Å². The average Bonchev–Trinajstić information content (AvgIpc) is 3.52. The largest absolute Gasteiger partial charge is 0.377 e. The minimum absolute atomic E-state index is 0. The second kappa shape index (κ2) is 11.3.